The van der Waals surface area contributed by atoms with Crippen LogP contribution in [-0.2, 0) is 7.05 Å². The van der Waals surface area contributed by atoms with E-state index in [0.29, 0.717) is 6.04 Å². The highest BCUT2D eigenvalue weighted by Gasteiger charge is 2.28. The van der Waals surface area contributed by atoms with Gasteiger partial charge in [-0.15, -0.1) is 0 Å². The van der Waals surface area contributed by atoms with Crippen LogP contribution in [0.5, 0.6) is 0 Å². The van der Waals surface area contributed by atoms with E-state index in [4.69, 9.17) is 0 Å². The monoisotopic (exact) mass is 243 g/mol. The average molecular weight is 243 g/mol. The molecule has 3 nitrogen and oxygen atoms in total. The Labute approximate surface area is 108 Å². The maximum atomic E-state index is 3.74. The van der Waals surface area contributed by atoms with Crippen LogP contribution in [0.2, 0.25) is 0 Å². The molecule has 0 aliphatic carbocycles. The van der Waals surface area contributed by atoms with Crippen molar-refractivity contribution >= 4 is 10.9 Å². The molecule has 0 saturated carbocycles. The minimum atomic E-state index is 0.153. The first-order valence-corrected chi connectivity index (χ1v) is 6.59. The largest absolute Gasteiger partial charge is 0.350 e. The molecule has 0 radical (unpaired) electrons. The normalized spacial score (nSPS) is 23.4. The van der Waals surface area contributed by atoms with Crippen molar-refractivity contribution in [2.45, 2.75) is 25.4 Å². The predicted octanol–water partition coefficient (Wildman–Crippen LogP) is 2.19. The van der Waals surface area contributed by atoms with Gasteiger partial charge in [0, 0.05) is 48.8 Å². The fourth-order valence-corrected chi connectivity index (χ4v) is 2.94. The Balaban J connectivity index is 2.04. The van der Waals surface area contributed by atoms with Gasteiger partial charge in [-0.3, -0.25) is 0 Å². The summed E-state index contributed by atoms with van der Waals surface area (Å²) in [6.07, 6.45) is 2.26. The second kappa shape index (κ2) is 4.11. The standard InChI is InChI=1S/C15H21N3/c1-15(2)10-16-8-13(17-15)12-9-18(3)14-7-5-4-6-11(12)14/h4-7,9,13,16-17H,8,10H2,1-3H3. The third-order valence-corrected chi connectivity index (χ3v) is 3.78. The Hall–Kier alpha value is -1.32. The van der Waals surface area contributed by atoms with Crippen LogP contribution in [0.15, 0.2) is 30.5 Å². The van der Waals surface area contributed by atoms with Crippen LogP contribution in [0.3, 0.4) is 0 Å². The highest BCUT2D eigenvalue weighted by molar-refractivity contribution is 5.84. The first-order chi connectivity index (χ1) is 8.57. The molecule has 1 fully saturated rings. The molecule has 0 spiro atoms. The van der Waals surface area contributed by atoms with Crippen LogP contribution in [0.1, 0.15) is 25.5 Å². The number of hydrogen-bond acceptors (Lipinski definition) is 2. The van der Waals surface area contributed by atoms with Gasteiger partial charge in [0.1, 0.15) is 0 Å². The van der Waals surface area contributed by atoms with E-state index < -0.39 is 0 Å². The zero-order valence-corrected chi connectivity index (χ0v) is 11.3. The number of fused-ring (bicyclic) bond motifs is 1. The third-order valence-electron chi connectivity index (χ3n) is 3.78. The predicted molar refractivity (Wildman–Crippen MR) is 75.7 cm³/mol. The van der Waals surface area contributed by atoms with Crippen LogP contribution < -0.4 is 10.6 Å². The zero-order valence-electron chi connectivity index (χ0n) is 11.3. The number of aryl methyl sites for hydroxylation is 1. The summed E-state index contributed by atoms with van der Waals surface area (Å²) in [7, 11) is 2.12. The molecule has 1 aliphatic rings. The summed E-state index contributed by atoms with van der Waals surface area (Å²) in [5, 5.41) is 8.62. The number of para-hydroxylation sites is 1. The molecule has 3 heteroatoms. The van der Waals surface area contributed by atoms with E-state index in [1.54, 1.807) is 0 Å². The molecule has 1 unspecified atom stereocenters. The summed E-state index contributed by atoms with van der Waals surface area (Å²) in [5.74, 6) is 0. The average Bonchev–Trinajstić information content (AvgIpc) is 2.66. The van der Waals surface area contributed by atoms with Crippen LogP contribution in [0, 0.1) is 0 Å². The molecule has 96 valence electrons. The summed E-state index contributed by atoms with van der Waals surface area (Å²) in [6, 6.07) is 9.00. The Morgan fingerprint density at radius 1 is 1.28 bits per heavy atom. The molecule has 1 aromatic heterocycles. The Bertz CT molecular complexity index is 568. The van der Waals surface area contributed by atoms with Gasteiger partial charge < -0.3 is 15.2 Å². The van der Waals surface area contributed by atoms with Crippen molar-refractivity contribution in [1.29, 1.82) is 0 Å². The molecule has 18 heavy (non-hydrogen) atoms. The topological polar surface area (TPSA) is 29.0 Å². The van der Waals surface area contributed by atoms with Crippen LogP contribution >= 0.6 is 0 Å². The number of aromatic nitrogens is 1. The van der Waals surface area contributed by atoms with Gasteiger partial charge in [-0.2, -0.15) is 0 Å². The molecule has 2 N–H and O–H groups in total. The van der Waals surface area contributed by atoms with E-state index in [1.807, 2.05) is 0 Å². The molecule has 0 bridgehead atoms. The van der Waals surface area contributed by atoms with E-state index in [2.05, 4.69) is 66.6 Å². The van der Waals surface area contributed by atoms with E-state index >= 15 is 0 Å². The fraction of sp³-hybridized carbons (Fsp3) is 0.467. The second-order valence-corrected chi connectivity index (χ2v) is 5.92. The molecular formula is C15H21N3. The van der Waals surface area contributed by atoms with Gasteiger partial charge in [0.2, 0.25) is 0 Å². The highest BCUT2D eigenvalue weighted by atomic mass is 15.1. The number of piperazine rings is 1. The van der Waals surface area contributed by atoms with Crippen molar-refractivity contribution in [1.82, 2.24) is 15.2 Å². The van der Waals surface area contributed by atoms with Gasteiger partial charge in [-0.25, -0.2) is 0 Å². The van der Waals surface area contributed by atoms with Crippen molar-refractivity contribution in [3.63, 3.8) is 0 Å². The Kier molecular flexibility index (Phi) is 2.68. The lowest BCUT2D eigenvalue weighted by atomic mass is 9.96. The molecule has 2 heterocycles. The van der Waals surface area contributed by atoms with Gasteiger partial charge in [-0.05, 0) is 25.5 Å². The summed E-state index contributed by atoms with van der Waals surface area (Å²) < 4.78 is 2.22. The second-order valence-electron chi connectivity index (χ2n) is 5.92. The molecule has 2 aromatic rings. The van der Waals surface area contributed by atoms with Crippen LogP contribution in [-0.4, -0.2) is 23.2 Å². The Morgan fingerprint density at radius 3 is 2.83 bits per heavy atom. The third kappa shape index (κ3) is 1.93. The van der Waals surface area contributed by atoms with Gasteiger partial charge >= 0.3 is 0 Å². The van der Waals surface area contributed by atoms with Gasteiger partial charge in [0.25, 0.3) is 0 Å². The first-order valence-electron chi connectivity index (χ1n) is 6.59. The number of rotatable bonds is 1. The van der Waals surface area contributed by atoms with Crippen molar-refractivity contribution in [3.8, 4) is 0 Å². The summed E-state index contributed by atoms with van der Waals surface area (Å²) >= 11 is 0. The summed E-state index contributed by atoms with van der Waals surface area (Å²) in [5.41, 5.74) is 2.85. The number of nitrogens with one attached hydrogen (secondary N) is 2. The lowest BCUT2D eigenvalue weighted by Gasteiger charge is -2.37. The SMILES string of the molecule is Cn1cc(C2CNCC(C)(C)N2)c2ccccc21. The molecule has 1 saturated heterocycles. The first kappa shape index (κ1) is 11.8. The van der Waals surface area contributed by atoms with Gasteiger partial charge in [-0.1, -0.05) is 18.2 Å². The van der Waals surface area contributed by atoms with E-state index in [1.165, 1.54) is 16.5 Å². The molecule has 1 aromatic carbocycles. The molecule has 3 rings (SSSR count). The van der Waals surface area contributed by atoms with Crippen molar-refractivity contribution in [3.05, 3.63) is 36.0 Å². The van der Waals surface area contributed by atoms with Crippen molar-refractivity contribution < 1.29 is 0 Å². The summed E-state index contributed by atoms with van der Waals surface area (Å²) in [6.45, 7) is 6.51. The molecule has 1 aliphatic heterocycles. The number of hydrogen-bond donors (Lipinski definition) is 2. The fourth-order valence-electron chi connectivity index (χ4n) is 2.94. The van der Waals surface area contributed by atoms with Crippen LogP contribution in [0.4, 0.5) is 0 Å². The minimum Gasteiger partial charge on any atom is -0.350 e. The van der Waals surface area contributed by atoms with Gasteiger partial charge in [0.05, 0.1) is 0 Å². The molecular weight excluding hydrogens is 222 g/mol. The van der Waals surface area contributed by atoms with Crippen molar-refractivity contribution in [2.24, 2.45) is 7.05 Å². The van der Waals surface area contributed by atoms with Gasteiger partial charge in [0.15, 0.2) is 0 Å². The Morgan fingerprint density at radius 2 is 2.06 bits per heavy atom. The maximum Gasteiger partial charge on any atom is 0.0481 e. The van der Waals surface area contributed by atoms with Crippen molar-refractivity contribution in [2.75, 3.05) is 13.1 Å². The van der Waals surface area contributed by atoms with Crippen LogP contribution in [0.25, 0.3) is 10.9 Å². The zero-order chi connectivity index (χ0) is 12.8. The van der Waals surface area contributed by atoms with E-state index in [0.717, 1.165) is 13.1 Å². The lowest BCUT2D eigenvalue weighted by Crippen LogP contribution is -2.56. The summed E-state index contributed by atoms with van der Waals surface area (Å²) in [4.78, 5) is 0. The quantitative estimate of drug-likeness (QED) is 0.804. The minimum absolute atomic E-state index is 0.153. The molecule has 0 amide bonds. The van der Waals surface area contributed by atoms with E-state index in [-0.39, 0.29) is 5.54 Å². The smallest absolute Gasteiger partial charge is 0.0481 e. The van der Waals surface area contributed by atoms with E-state index in [9.17, 15) is 0 Å². The molecule has 1 atom stereocenters. The maximum absolute atomic E-state index is 3.74. The highest BCUT2D eigenvalue weighted by Crippen LogP contribution is 2.28. The number of nitrogens with zero attached hydrogens (tertiary/aromatic N) is 1. The lowest BCUT2D eigenvalue weighted by molar-refractivity contribution is 0.265. The number of benzene rings is 1.